The van der Waals surface area contributed by atoms with Gasteiger partial charge in [0.2, 0.25) is 5.91 Å². The molecule has 0 bridgehead atoms. The molecule has 0 radical (unpaired) electrons. The summed E-state index contributed by atoms with van der Waals surface area (Å²) < 4.78 is 0. The van der Waals surface area contributed by atoms with Crippen LogP contribution in [0.2, 0.25) is 0 Å². The Hall–Kier alpha value is -1.88. The van der Waals surface area contributed by atoms with Gasteiger partial charge in [0, 0.05) is 12.6 Å². The van der Waals surface area contributed by atoms with Crippen molar-refractivity contribution in [3.63, 3.8) is 0 Å². The molecule has 1 heterocycles. The van der Waals surface area contributed by atoms with Crippen LogP contribution in [0.4, 0.5) is 5.69 Å². The highest BCUT2D eigenvalue weighted by Crippen LogP contribution is 2.23. The molecule has 2 amide bonds. The van der Waals surface area contributed by atoms with E-state index in [1.54, 1.807) is 6.92 Å². The summed E-state index contributed by atoms with van der Waals surface area (Å²) in [5, 5.41) is 3.08. The van der Waals surface area contributed by atoms with E-state index >= 15 is 0 Å². The quantitative estimate of drug-likeness (QED) is 0.866. The minimum absolute atomic E-state index is 0.0457. The maximum absolute atomic E-state index is 12.6. The van der Waals surface area contributed by atoms with E-state index in [9.17, 15) is 9.59 Å². The summed E-state index contributed by atoms with van der Waals surface area (Å²) in [5.41, 5.74) is 2.06. The molecule has 1 saturated heterocycles. The minimum atomic E-state index is -0.121. The summed E-state index contributed by atoms with van der Waals surface area (Å²) >= 11 is 0. The van der Waals surface area contributed by atoms with E-state index in [1.165, 1.54) is 4.90 Å². The topological polar surface area (TPSA) is 53.9 Å². The summed E-state index contributed by atoms with van der Waals surface area (Å²) in [6.45, 7) is 10.9. The van der Waals surface area contributed by atoms with Gasteiger partial charge in [-0.15, -0.1) is 0 Å². The summed E-state index contributed by atoms with van der Waals surface area (Å²) in [6.07, 6.45) is 0. The van der Waals surface area contributed by atoms with Gasteiger partial charge < -0.3 is 15.1 Å². The first kappa shape index (κ1) is 17.5. The van der Waals surface area contributed by atoms with Gasteiger partial charge in [-0.25, -0.2) is 0 Å². The lowest BCUT2D eigenvalue weighted by atomic mass is 10.0. The van der Waals surface area contributed by atoms with Gasteiger partial charge in [-0.2, -0.15) is 0 Å². The van der Waals surface area contributed by atoms with Crippen molar-refractivity contribution >= 4 is 17.5 Å². The van der Waals surface area contributed by atoms with Crippen molar-refractivity contribution in [2.24, 2.45) is 0 Å². The number of carbonyl (C=O) groups is 2. The molecule has 5 heteroatoms. The first-order valence-electron chi connectivity index (χ1n) is 8.40. The Morgan fingerprint density at radius 1 is 1.13 bits per heavy atom. The average molecular weight is 318 g/mol. The van der Waals surface area contributed by atoms with Crippen molar-refractivity contribution in [3.05, 3.63) is 29.8 Å². The second-order valence-corrected chi connectivity index (χ2v) is 6.62. The smallest absolute Gasteiger partial charge is 0.282 e. The Morgan fingerprint density at radius 3 is 2.30 bits per heavy atom. The predicted octanol–water partition coefficient (Wildman–Crippen LogP) is 0.884. The lowest BCUT2D eigenvalue weighted by molar-refractivity contribution is -0.917. The number of benzene rings is 1. The number of nitrogens with zero attached hydrogens (tertiary/aromatic N) is 1. The Bertz CT molecular complexity index is 563. The Morgan fingerprint density at radius 2 is 1.74 bits per heavy atom. The van der Waals surface area contributed by atoms with Crippen LogP contribution in [0.25, 0.3) is 0 Å². The number of piperazine rings is 1. The van der Waals surface area contributed by atoms with E-state index in [1.807, 2.05) is 30.0 Å². The number of rotatable bonds is 4. The van der Waals surface area contributed by atoms with Crippen molar-refractivity contribution in [2.75, 3.05) is 31.5 Å². The molecule has 0 spiro atoms. The van der Waals surface area contributed by atoms with E-state index in [2.05, 4.69) is 25.2 Å². The molecular formula is C18H28N3O2+. The van der Waals surface area contributed by atoms with Crippen LogP contribution < -0.4 is 10.2 Å². The Kier molecular flexibility index (Phi) is 5.77. The normalized spacial score (nSPS) is 17.2. The summed E-state index contributed by atoms with van der Waals surface area (Å²) in [6, 6.07) is 7.85. The zero-order valence-electron chi connectivity index (χ0n) is 14.6. The van der Waals surface area contributed by atoms with Crippen molar-refractivity contribution in [1.29, 1.82) is 0 Å². The van der Waals surface area contributed by atoms with Crippen LogP contribution in [0, 0.1) is 0 Å². The molecule has 0 aromatic heterocycles. The fourth-order valence-electron chi connectivity index (χ4n) is 3.08. The molecule has 0 saturated carbocycles. The molecule has 0 unspecified atom stereocenters. The minimum Gasteiger partial charge on any atom is -0.332 e. The molecule has 1 atom stereocenters. The standard InChI is InChI=1S/C18H27N3O2/c1-13(2)16-7-5-6-8-17(16)19-18(23)14(3)20-9-11-21(12-10-20)15(4)22/h5-8,13-14H,9-12H2,1-4H3,(H,19,23)/p+1/t14-/m1/s1. The molecule has 5 nitrogen and oxygen atoms in total. The van der Waals surface area contributed by atoms with Crippen LogP contribution in [0.15, 0.2) is 24.3 Å². The molecule has 1 aromatic carbocycles. The van der Waals surface area contributed by atoms with E-state index in [0.29, 0.717) is 5.92 Å². The van der Waals surface area contributed by atoms with Crippen LogP contribution in [-0.4, -0.2) is 48.9 Å². The highest BCUT2D eigenvalue weighted by atomic mass is 16.2. The van der Waals surface area contributed by atoms with E-state index in [4.69, 9.17) is 0 Å². The average Bonchev–Trinajstić information content (AvgIpc) is 2.54. The molecule has 0 aliphatic carbocycles. The highest BCUT2D eigenvalue weighted by molar-refractivity contribution is 5.94. The second kappa shape index (κ2) is 7.59. The van der Waals surface area contributed by atoms with E-state index < -0.39 is 0 Å². The third-order valence-corrected chi connectivity index (χ3v) is 4.70. The number of quaternary nitrogens is 1. The van der Waals surface area contributed by atoms with Gasteiger partial charge in [0.05, 0.1) is 26.2 Å². The van der Waals surface area contributed by atoms with Gasteiger partial charge in [0.15, 0.2) is 6.04 Å². The zero-order valence-corrected chi connectivity index (χ0v) is 14.6. The molecule has 23 heavy (non-hydrogen) atoms. The first-order valence-corrected chi connectivity index (χ1v) is 8.40. The number of carbonyl (C=O) groups excluding carboxylic acids is 2. The van der Waals surface area contributed by atoms with E-state index in [0.717, 1.165) is 37.4 Å². The van der Waals surface area contributed by atoms with Crippen LogP contribution in [0.3, 0.4) is 0 Å². The van der Waals surface area contributed by atoms with Crippen LogP contribution in [0.5, 0.6) is 0 Å². The number of hydrogen-bond donors (Lipinski definition) is 2. The van der Waals surface area contributed by atoms with Gasteiger partial charge in [-0.05, 0) is 24.5 Å². The highest BCUT2D eigenvalue weighted by Gasteiger charge is 2.30. The summed E-state index contributed by atoms with van der Waals surface area (Å²) in [4.78, 5) is 27.1. The van der Waals surface area contributed by atoms with E-state index in [-0.39, 0.29) is 17.9 Å². The molecule has 1 aliphatic heterocycles. The largest absolute Gasteiger partial charge is 0.332 e. The SMILES string of the molecule is CC(=O)N1CC[NH+]([C@H](C)C(=O)Nc2ccccc2C(C)C)CC1. The monoisotopic (exact) mass is 318 g/mol. The number of anilines is 1. The van der Waals surface area contributed by atoms with Crippen LogP contribution in [-0.2, 0) is 9.59 Å². The number of nitrogens with one attached hydrogen (secondary N) is 2. The third-order valence-electron chi connectivity index (χ3n) is 4.70. The van der Waals surface area contributed by atoms with Gasteiger partial charge in [-0.1, -0.05) is 32.0 Å². The molecule has 1 aromatic rings. The second-order valence-electron chi connectivity index (χ2n) is 6.62. The Balaban J connectivity index is 1.97. The molecular weight excluding hydrogens is 290 g/mol. The van der Waals surface area contributed by atoms with Crippen LogP contribution in [0.1, 0.15) is 39.2 Å². The number of amides is 2. The zero-order chi connectivity index (χ0) is 17.0. The first-order chi connectivity index (χ1) is 10.9. The fraction of sp³-hybridized carbons (Fsp3) is 0.556. The maximum atomic E-state index is 12.6. The van der Waals surface area contributed by atoms with Crippen LogP contribution >= 0.6 is 0 Å². The van der Waals surface area contributed by atoms with Gasteiger partial charge in [0.1, 0.15) is 0 Å². The molecule has 1 aliphatic rings. The lowest BCUT2D eigenvalue weighted by Crippen LogP contribution is -3.19. The maximum Gasteiger partial charge on any atom is 0.282 e. The fourth-order valence-corrected chi connectivity index (χ4v) is 3.08. The van der Waals surface area contributed by atoms with Crippen molar-refractivity contribution < 1.29 is 14.5 Å². The molecule has 2 N–H and O–H groups in total. The predicted molar refractivity (Wildman–Crippen MR) is 91.6 cm³/mol. The summed E-state index contributed by atoms with van der Waals surface area (Å²) in [7, 11) is 0. The Labute approximate surface area is 138 Å². The van der Waals surface area contributed by atoms with Crippen molar-refractivity contribution in [1.82, 2.24) is 4.90 Å². The van der Waals surface area contributed by atoms with Gasteiger partial charge in [-0.3, -0.25) is 9.59 Å². The number of para-hydroxylation sites is 1. The molecule has 2 rings (SSSR count). The van der Waals surface area contributed by atoms with Gasteiger partial charge in [0.25, 0.3) is 5.91 Å². The van der Waals surface area contributed by atoms with Gasteiger partial charge >= 0.3 is 0 Å². The molecule has 1 fully saturated rings. The number of hydrogen-bond acceptors (Lipinski definition) is 2. The third kappa shape index (κ3) is 4.32. The lowest BCUT2D eigenvalue weighted by Gasteiger charge is -2.34. The summed E-state index contributed by atoms with van der Waals surface area (Å²) in [5.74, 6) is 0.532. The van der Waals surface area contributed by atoms with Crippen molar-refractivity contribution in [2.45, 2.75) is 39.7 Å². The molecule has 126 valence electrons. The van der Waals surface area contributed by atoms with Crippen molar-refractivity contribution in [3.8, 4) is 0 Å².